The largest absolute Gasteiger partial charge is 0.496 e. The van der Waals surface area contributed by atoms with Crippen molar-refractivity contribution in [2.45, 2.75) is 20.8 Å². The van der Waals surface area contributed by atoms with Crippen LogP contribution in [-0.2, 0) is 20.2 Å². The van der Waals surface area contributed by atoms with E-state index in [0.717, 1.165) is 18.1 Å². The highest BCUT2D eigenvalue weighted by atomic mass is 32.2. The summed E-state index contributed by atoms with van der Waals surface area (Å²) in [4.78, 5) is 11.1. The fourth-order valence-corrected chi connectivity index (χ4v) is 4.90. The van der Waals surface area contributed by atoms with E-state index in [0.29, 0.717) is 11.1 Å². The van der Waals surface area contributed by atoms with E-state index in [2.05, 4.69) is 0 Å². The summed E-state index contributed by atoms with van der Waals surface area (Å²) in [5.74, 6) is -0.315. The van der Waals surface area contributed by atoms with E-state index in [1.807, 2.05) is 13.8 Å². The van der Waals surface area contributed by atoms with Crippen LogP contribution in [0, 0.1) is 17.0 Å². The van der Waals surface area contributed by atoms with Crippen LogP contribution in [0.1, 0.15) is 19.4 Å². The Morgan fingerprint density at radius 1 is 0.833 bits per heavy atom. The Bertz CT molecular complexity index is 1760. The first-order valence-corrected chi connectivity index (χ1v) is 15.9. The second-order valence-corrected chi connectivity index (χ2v) is 12.6. The zero-order valence-electron chi connectivity index (χ0n) is 24.1. The topological polar surface area (TPSA) is 158 Å². The van der Waals surface area contributed by atoms with Crippen molar-refractivity contribution in [2.75, 3.05) is 33.3 Å². The van der Waals surface area contributed by atoms with Crippen molar-refractivity contribution in [3.8, 4) is 51.0 Å². The Morgan fingerprint density at radius 2 is 1.48 bits per heavy atom. The maximum absolute atomic E-state index is 12.4. The van der Waals surface area contributed by atoms with Gasteiger partial charge >= 0.3 is 20.2 Å². The number of hydrogen-bond donors (Lipinski definition) is 0. The summed E-state index contributed by atoms with van der Waals surface area (Å²) >= 11 is 0. The van der Waals surface area contributed by atoms with Gasteiger partial charge in [-0.05, 0) is 56.2 Å². The molecule has 12 nitrogen and oxygen atoms in total. The van der Waals surface area contributed by atoms with E-state index in [1.165, 1.54) is 44.6 Å². The molecule has 0 amide bonds. The molecule has 0 atom stereocenters. The van der Waals surface area contributed by atoms with Crippen LogP contribution in [0.3, 0.4) is 0 Å². The maximum Gasteiger partial charge on any atom is 0.306 e. The Morgan fingerprint density at radius 3 is 2.02 bits per heavy atom. The van der Waals surface area contributed by atoms with E-state index in [9.17, 15) is 26.9 Å². The first-order chi connectivity index (χ1) is 19.5. The number of rotatable bonds is 12. The van der Waals surface area contributed by atoms with Gasteiger partial charge in [0.1, 0.15) is 12.4 Å². The van der Waals surface area contributed by atoms with Gasteiger partial charge in [-0.3, -0.25) is 10.1 Å². The molecule has 0 aliphatic rings. The lowest BCUT2D eigenvalue weighted by atomic mass is 9.95. The highest BCUT2D eigenvalue weighted by Gasteiger charge is 2.28. The van der Waals surface area contributed by atoms with Crippen LogP contribution >= 0.6 is 0 Å². The molecule has 0 unspecified atom stereocenters. The van der Waals surface area contributed by atoms with Gasteiger partial charge in [0.25, 0.3) is 5.69 Å². The van der Waals surface area contributed by atoms with Crippen LogP contribution in [0.25, 0.3) is 22.3 Å². The molecule has 0 aliphatic carbocycles. The monoisotopic (exact) mass is 621 g/mol. The molecule has 0 saturated heterocycles. The third-order valence-electron chi connectivity index (χ3n) is 5.78. The fourth-order valence-electron chi connectivity index (χ4n) is 3.98. The molecule has 3 aromatic rings. The van der Waals surface area contributed by atoms with Crippen molar-refractivity contribution in [3.05, 3.63) is 69.8 Å². The number of nitro groups is 1. The van der Waals surface area contributed by atoms with E-state index >= 15 is 0 Å². The van der Waals surface area contributed by atoms with Crippen LogP contribution < -0.4 is 22.6 Å². The molecular weight excluding hydrogens is 590 g/mol. The van der Waals surface area contributed by atoms with Gasteiger partial charge in [-0.1, -0.05) is 23.8 Å². The minimum atomic E-state index is -4.16. The number of allylic oxidation sites excluding steroid dienone is 1. The average molecular weight is 622 g/mol. The van der Waals surface area contributed by atoms with Gasteiger partial charge in [0, 0.05) is 17.2 Å². The van der Waals surface area contributed by atoms with Crippen molar-refractivity contribution >= 4 is 25.9 Å². The molecule has 3 rings (SSSR count). The predicted octanol–water partition coefficient (Wildman–Crippen LogP) is 5.28. The third kappa shape index (κ3) is 7.91. The molecule has 14 heteroatoms. The van der Waals surface area contributed by atoms with Crippen molar-refractivity contribution in [2.24, 2.45) is 0 Å². The molecule has 3 aromatic carbocycles. The first kappa shape index (κ1) is 32.2. The molecule has 0 saturated carbocycles. The first-order valence-electron chi connectivity index (χ1n) is 12.3. The zero-order valence-corrected chi connectivity index (χ0v) is 25.7. The number of nitrogens with zero attached hydrogens (tertiary/aromatic N) is 1. The highest BCUT2D eigenvalue weighted by molar-refractivity contribution is 7.86. The summed E-state index contributed by atoms with van der Waals surface area (Å²) in [6.07, 6.45) is 3.50. The van der Waals surface area contributed by atoms with Crippen molar-refractivity contribution in [3.63, 3.8) is 0 Å². The zero-order chi connectivity index (χ0) is 31.4. The summed E-state index contributed by atoms with van der Waals surface area (Å²) in [6.45, 7) is 5.48. The number of nitro benzene ring substituents is 1. The summed E-state index contributed by atoms with van der Waals surface area (Å²) in [5.41, 5.74) is 2.14. The van der Waals surface area contributed by atoms with Gasteiger partial charge in [0.2, 0.25) is 0 Å². The molecular formula is C28H31NO11S2. The Kier molecular flexibility index (Phi) is 9.74. The van der Waals surface area contributed by atoms with Gasteiger partial charge in [-0.25, -0.2) is 0 Å². The molecule has 226 valence electrons. The van der Waals surface area contributed by atoms with Gasteiger partial charge in [0.05, 0.1) is 37.2 Å². The van der Waals surface area contributed by atoms with Crippen LogP contribution in [0.15, 0.2) is 54.1 Å². The van der Waals surface area contributed by atoms with Crippen molar-refractivity contribution < 1.29 is 44.3 Å². The van der Waals surface area contributed by atoms with E-state index in [-0.39, 0.29) is 57.7 Å². The van der Waals surface area contributed by atoms with E-state index < -0.39 is 25.2 Å². The minimum Gasteiger partial charge on any atom is -0.496 e. The Hall–Kier alpha value is -4.30. The highest BCUT2D eigenvalue weighted by Crippen LogP contribution is 2.52. The van der Waals surface area contributed by atoms with Crippen molar-refractivity contribution in [1.29, 1.82) is 0 Å². The molecule has 0 radical (unpaired) electrons. The molecule has 42 heavy (non-hydrogen) atoms. The second-order valence-electron chi connectivity index (χ2n) is 9.45. The average Bonchev–Trinajstić information content (AvgIpc) is 2.87. The Labute approximate surface area is 244 Å². The summed E-state index contributed by atoms with van der Waals surface area (Å²) in [5, 5.41) is 11.6. The quantitative estimate of drug-likeness (QED) is 0.112. The molecule has 0 fully saturated rings. The number of methoxy groups -OCH3 is 2. The second kappa shape index (κ2) is 12.7. The van der Waals surface area contributed by atoms with Gasteiger partial charge in [-0.2, -0.15) is 16.8 Å². The Balaban J connectivity index is 2.38. The predicted molar refractivity (Wildman–Crippen MR) is 158 cm³/mol. The lowest BCUT2D eigenvalue weighted by molar-refractivity contribution is -0.385. The SMILES string of the molecule is COc1cc(-c2ccc(C)c([N+](=O)[O-])c2)c(OC)c(OS(C)(=O)=O)c1-c1ccc(OCC=C(C)C)c(OS(C)(=O)=O)c1. The maximum atomic E-state index is 12.4. The fraction of sp³-hybridized carbons (Fsp3) is 0.286. The van der Waals surface area contributed by atoms with Gasteiger partial charge in [-0.15, -0.1) is 0 Å². The van der Waals surface area contributed by atoms with Crippen LogP contribution in [-0.4, -0.2) is 55.1 Å². The van der Waals surface area contributed by atoms with Crippen LogP contribution in [0.2, 0.25) is 0 Å². The molecule has 0 heterocycles. The van der Waals surface area contributed by atoms with Crippen molar-refractivity contribution in [1.82, 2.24) is 0 Å². The molecule has 0 spiro atoms. The van der Waals surface area contributed by atoms with E-state index in [4.69, 9.17) is 22.6 Å². The third-order valence-corrected chi connectivity index (χ3v) is 6.73. The minimum absolute atomic E-state index is 0.0659. The summed E-state index contributed by atoms with van der Waals surface area (Å²) in [7, 11) is -5.54. The summed E-state index contributed by atoms with van der Waals surface area (Å²) < 4.78 is 76.6. The number of benzene rings is 3. The lowest BCUT2D eigenvalue weighted by Gasteiger charge is -2.21. The summed E-state index contributed by atoms with van der Waals surface area (Å²) in [6, 6.07) is 10.3. The molecule has 0 bridgehead atoms. The number of hydrogen-bond acceptors (Lipinski definition) is 11. The van der Waals surface area contributed by atoms with Crippen LogP contribution in [0.4, 0.5) is 5.69 Å². The van der Waals surface area contributed by atoms with E-state index in [1.54, 1.807) is 25.1 Å². The smallest absolute Gasteiger partial charge is 0.306 e. The number of ether oxygens (including phenoxy) is 3. The van der Waals surface area contributed by atoms with Gasteiger partial charge in [0.15, 0.2) is 23.0 Å². The molecule has 0 aliphatic heterocycles. The molecule has 0 aromatic heterocycles. The standard InChI is InChI=1S/C28H31NO11S2/c1-17(2)12-13-38-23-11-10-20(15-24(23)39-41(6,32)33)26-25(36-4)16-21(27(37-5)28(26)40-42(7,34)35)19-9-8-18(3)22(14-19)29(30)31/h8-12,14-16H,13H2,1-7H3. The van der Waals surface area contributed by atoms with Gasteiger partial charge < -0.3 is 22.6 Å². The lowest BCUT2D eigenvalue weighted by Crippen LogP contribution is -2.10. The normalized spacial score (nSPS) is 11.4. The number of aryl methyl sites for hydroxylation is 1. The van der Waals surface area contributed by atoms with Crippen LogP contribution in [0.5, 0.6) is 28.7 Å². The molecule has 0 N–H and O–H groups in total.